The second-order valence-electron chi connectivity index (χ2n) is 4.92. The van der Waals surface area contributed by atoms with Crippen LogP contribution in [0.3, 0.4) is 0 Å². The van der Waals surface area contributed by atoms with Gasteiger partial charge in [-0.15, -0.1) is 0 Å². The predicted octanol–water partition coefficient (Wildman–Crippen LogP) is 1.89. The first-order valence-corrected chi connectivity index (χ1v) is 5.83. The second-order valence-corrected chi connectivity index (χ2v) is 4.92. The van der Waals surface area contributed by atoms with Crippen LogP contribution in [-0.4, -0.2) is 48.5 Å². The normalized spacial score (nSPS) is 12.8. The highest BCUT2D eigenvalue weighted by atomic mass is 16.5. The molecule has 0 aliphatic rings. The molecule has 0 saturated heterocycles. The first-order chi connectivity index (χ1) is 6.93. The number of nitrogens with zero attached hydrogens (tertiary/aromatic N) is 1. The van der Waals surface area contributed by atoms with Crippen molar-refractivity contribution in [3.8, 4) is 0 Å². The van der Waals surface area contributed by atoms with E-state index >= 15 is 0 Å². The van der Waals surface area contributed by atoms with E-state index in [9.17, 15) is 0 Å². The molecule has 0 spiro atoms. The van der Waals surface area contributed by atoms with Gasteiger partial charge in [-0.3, -0.25) is 0 Å². The average molecular weight is 217 g/mol. The van der Waals surface area contributed by atoms with Gasteiger partial charge in [0.2, 0.25) is 0 Å². The summed E-state index contributed by atoms with van der Waals surface area (Å²) in [5.41, 5.74) is -0.0493. The molecule has 1 N–H and O–H groups in total. The Hall–Kier alpha value is -0.120. The van der Waals surface area contributed by atoms with Crippen molar-refractivity contribution >= 4 is 0 Å². The lowest BCUT2D eigenvalue weighted by atomic mass is 10.0. The summed E-state index contributed by atoms with van der Waals surface area (Å²) in [7, 11) is 1.76. The molecule has 0 rings (SSSR count). The van der Waals surface area contributed by atoms with Gasteiger partial charge in [-0.2, -0.15) is 0 Å². The summed E-state index contributed by atoms with van der Waals surface area (Å²) < 4.78 is 5.40. The van der Waals surface area contributed by atoms with E-state index in [4.69, 9.17) is 9.84 Å². The van der Waals surface area contributed by atoms with Crippen LogP contribution in [0.5, 0.6) is 0 Å². The minimum Gasteiger partial charge on any atom is -0.396 e. The van der Waals surface area contributed by atoms with Gasteiger partial charge in [0.25, 0.3) is 0 Å². The van der Waals surface area contributed by atoms with Gasteiger partial charge in [-0.05, 0) is 40.5 Å². The summed E-state index contributed by atoms with van der Waals surface area (Å²) in [5.74, 6) is 0. The molecule has 0 heterocycles. The molecule has 0 atom stereocenters. The van der Waals surface area contributed by atoms with Gasteiger partial charge in [-0.1, -0.05) is 0 Å². The van der Waals surface area contributed by atoms with Crippen molar-refractivity contribution in [1.82, 2.24) is 4.90 Å². The van der Waals surface area contributed by atoms with Crippen molar-refractivity contribution in [3.05, 3.63) is 0 Å². The summed E-state index contributed by atoms with van der Waals surface area (Å²) in [6.45, 7) is 10.9. The first kappa shape index (κ1) is 14.9. The molecule has 0 saturated carbocycles. The molecule has 92 valence electrons. The SMILES string of the molecule is COC(C)(C)CCN(CCCO)C(C)C. The summed E-state index contributed by atoms with van der Waals surface area (Å²) in [4.78, 5) is 2.39. The van der Waals surface area contributed by atoms with Crippen LogP contribution in [0.25, 0.3) is 0 Å². The zero-order valence-electron chi connectivity index (χ0n) is 10.9. The van der Waals surface area contributed by atoms with Crippen LogP contribution in [0, 0.1) is 0 Å². The van der Waals surface area contributed by atoms with E-state index in [2.05, 4.69) is 32.6 Å². The van der Waals surface area contributed by atoms with Crippen molar-refractivity contribution in [1.29, 1.82) is 0 Å². The number of hydrogen-bond acceptors (Lipinski definition) is 3. The van der Waals surface area contributed by atoms with Crippen molar-refractivity contribution in [2.75, 3.05) is 26.8 Å². The molecule has 0 bridgehead atoms. The van der Waals surface area contributed by atoms with Gasteiger partial charge in [0, 0.05) is 32.8 Å². The number of hydrogen-bond donors (Lipinski definition) is 1. The molecule has 0 radical (unpaired) electrons. The molecule has 0 aliphatic heterocycles. The minimum atomic E-state index is -0.0493. The Morgan fingerprint density at radius 1 is 1.27 bits per heavy atom. The van der Waals surface area contributed by atoms with Crippen molar-refractivity contribution in [2.45, 2.75) is 52.2 Å². The molecule has 0 aromatic heterocycles. The number of aliphatic hydroxyl groups excluding tert-OH is 1. The number of ether oxygens (including phenoxy) is 1. The van der Waals surface area contributed by atoms with E-state index in [1.807, 2.05) is 0 Å². The van der Waals surface area contributed by atoms with Gasteiger partial charge < -0.3 is 14.7 Å². The number of aliphatic hydroxyl groups is 1. The van der Waals surface area contributed by atoms with Crippen LogP contribution >= 0.6 is 0 Å². The fraction of sp³-hybridized carbons (Fsp3) is 1.00. The van der Waals surface area contributed by atoms with E-state index in [-0.39, 0.29) is 12.2 Å². The van der Waals surface area contributed by atoms with E-state index < -0.39 is 0 Å². The first-order valence-electron chi connectivity index (χ1n) is 5.83. The summed E-state index contributed by atoms with van der Waals surface area (Å²) >= 11 is 0. The van der Waals surface area contributed by atoms with Crippen LogP contribution in [0.15, 0.2) is 0 Å². The highest BCUT2D eigenvalue weighted by Gasteiger charge is 2.18. The largest absolute Gasteiger partial charge is 0.396 e. The van der Waals surface area contributed by atoms with Gasteiger partial charge in [0.05, 0.1) is 5.60 Å². The third-order valence-corrected chi connectivity index (χ3v) is 2.89. The molecule has 0 fully saturated rings. The second kappa shape index (κ2) is 7.20. The Bertz CT molecular complexity index is 158. The van der Waals surface area contributed by atoms with Crippen molar-refractivity contribution in [3.63, 3.8) is 0 Å². The molecule has 0 aromatic carbocycles. The maximum atomic E-state index is 8.82. The molecule has 15 heavy (non-hydrogen) atoms. The van der Waals surface area contributed by atoms with E-state index in [0.717, 1.165) is 25.9 Å². The summed E-state index contributed by atoms with van der Waals surface area (Å²) in [5, 5.41) is 8.82. The van der Waals surface area contributed by atoms with Crippen LogP contribution in [0.1, 0.15) is 40.5 Å². The molecule has 0 amide bonds. The Labute approximate surface area is 94.4 Å². The smallest absolute Gasteiger partial charge is 0.0634 e. The van der Waals surface area contributed by atoms with Gasteiger partial charge in [0.1, 0.15) is 0 Å². The predicted molar refractivity (Wildman–Crippen MR) is 64.1 cm³/mol. The van der Waals surface area contributed by atoms with E-state index in [1.165, 1.54) is 0 Å². The third-order valence-electron chi connectivity index (χ3n) is 2.89. The Kier molecular flexibility index (Phi) is 7.14. The van der Waals surface area contributed by atoms with Crippen molar-refractivity contribution in [2.24, 2.45) is 0 Å². The van der Waals surface area contributed by atoms with Gasteiger partial charge in [0.15, 0.2) is 0 Å². The fourth-order valence-corrected chi connectivity index (χ4v) is 1.42. The van der Waals surface area contributed by atoms with Crippen LogP contribution < -0.4 is 0 Å². The molecule has 0 aliphatic carbocycles. The Morgan fingerprint density at radius 3 is 2.27 bits per heavy atom. The summed E-state index contributed by atoms with van der Waals surface area (Å²) in [6.07, 6.45) is 1.87. The zero-order valence-corrected chi connectivity index (χ0v) is 10.9. The van der Waals surface area contributed by atoms with E-state index in [0.29, 0.717) is 6.04 Å². The van der Waals surface area contributed by atoms with Gasteiger partial charge >= 0.3 is 0 Å². The maximum absolute atomic E-state index is 8.82. The molecule has 0 aromatic rings. The number of rotatable bonds is 8. The molecular formula is C12H27NO2. The maximum Gasteiger partial charge on any atom is 0.0634 e. The highest BCUT2D eigenvalue weighted by molar-refractivity contribution is 4.72. The molecule has 3 nitrogen and oxygen atoms in total. The summed E-state index contributed by atoms with van der Waals surface area (Å²) in [6, 6.07) is 0.532. The fourth-order valence-electron chi connectivity index (χ4n) is 1.42. The highest BCUT2D eigenvalue weighted by Crippen LogP contribution is 2.14. The number of methoxy groups -OCH3 is 1. The monoisotopic (exact) mass is 217 g/mol. The van der Waals surface area contributed by atoms with Crippen LogP contribution in [0.2, 0.25) is 0 Å². The molecular weight excluding hydrogens is 190 g/mol. The average Bonchev–Trinajstić information content (AvgIpc) is 2.17. The van der Waals surface area contributed by atoms with Crippen LogP contribution in [-0.2, 0) is 4.74 Å². The van der Waals surface area contributed by atoms with Crippen LogP contribution in [0.4, 0.5) is 0 Å². The molecule has 3 heteroatoms. The van der Waals surface area contributed by atoms with E-state index in [1.54, 1.807) is 7.11 Å². The quantitative estimate of drug-likeness (QED) is 0.674. The lowest BCUT2D eigenvalue weighted by molar-refractivity contribution is 0.00467. The lowest BCUT2D eigenvalue weighted by Gasteiger charge is -2.30. The Balaban J connectivity index is 3.95. The topological polar surface area (TPSA) is 32.7 Å². The van der Waals surface area contributed by atoms with Crippen molar-refractivity contribution < 1.29 is 9.84 Å². The Morgan fingerprint density at radius 2 is 1.87 bits per heavy atom. The third kappa shape index (κ3) is 6.88. The minimum absolute atomic E-state index is 0.0493. The zero-order chi connectivity index (χ0) is 11.9. The molecule has 0 unspecified atom stereocenters. The standard InChI is InChI=1S/C12H27NO2/c1-11(2)13(8-6-10-14)9-7-12(3,4)15-5/h11,14H,6-10H2,1-5H3. The lowest BCUT2D eigenvalue weighted by Crippen LogP contribution is -2.37. The van der Waals surface area contributed by atoms with Gasteiger partial charge in [-0.25, -0.2) is 0 Å².